The van der Waals surface area contributed by atoms with Gasteiger partial charge in [0.05, 0.1) is 31.9 Å². The summed E-state index contributed by atoms with van der Waals surface area (Å²) in [5.41, 5.74) is 1.66. The maximum Gasteiger partial charge on any atom is 0.344 e. The number of pyridine rings is 1. The van der Waals surface area contributed by atoms with Crippen molar-refractivity contribution >= 4 is 38.7 Å². The van der Waals surface area contributed by atoms with Crippen LogP contribution in [0.25, 0.3) is 10.9 Å². The molecule has 0 saturated carbocycles. The maximum atomic E-state index is 13.6. The van der Waals surface area contributed by atoms with E-state index in [1.54, 1.807) is 44.2 Å². The smallest absolute Gasteiger partial charge is 0.344 e. The molecular weight excluding hydrogens is 464 g/mol. The van der Waals surface area contributed by atoms with Crippen molar-refractivity contribution in [3.8, 4) is 11.6 Å². The van der Waals surface area contributed by atoms with Gasteiger partial charge in [-0.25, -0.2) is 9.78 Å². The summed E-state index contributed by atoms with van der Waals surface area (Å²) < 4.78 is 16.5. The molecule has 8 heteroatoms. The lowest BCUT2D eigenvalue weighted by molar-refractivity contribution is 0.0515. The Morgan fingerprint density at radius 1 is 1.03 bits per heavy atom. The van der Waals surface area contributed by atoms with E-state index in [4.69, 9.17) is 14.2 Å². The van der Waals surface area contributed by atoms with Gasteiger partial charge in [-0.3, -0.25) is 4.79 Å². The van der Waals surface area contributed by atoms with E-state index in [1.807, 2.05) is 24.3 Å². The Morgan fingerprint density at radius 3 is 2.35 bits per heavy atom. The van der Waals surface area contributed by atoms with Crippen LogP contribution >= 0.6 is 15.9 Å². The van der Waals surface area contributed by atoms with Crippen molar-refractivity contribution in [2.75, 3.05) is 27.9 Å². The number of rotatable bonds is 7. The van der Waals surface area contributed by atoms with E-state index < -0.39 is 5.97 Å². The average Bonchev–Trinajstić information content (AvgIpc) is 2.77. The van der Waals surface area contributed by atoms with Crippen LogP contribution in [0.1, 0.15) is 33.2 Å². The van der Waals surface area contributed by atoms with Crippen LogP contribution in [0.5, 0.6) is 11.6 Å². The molecule has 0 aliphatic rings. The summed E-state index contributed by atoms with van der Waals surface area (Å²) in [6.07, 6.45) is 0. The Kier molecular flexibility index (Phi) is 7.12. The number of hydrogen-bond donors (Lipinski definition) is 0. The summed E-state index contributed by atoms with van der Waals surface area (Å²) >= 11 is 3.42. The molecule has 0 N–H and O–H groups in total. The predicted molar refractivity (Wildman–Crippen MR) is 121 cm³/mol. The molecule has 3 aromatic rings. The molecule has 1 amide bonds. The summed E-state index contributed by atoms with van der Waals surface area (Å²) in [5.74, 6) is -0.215. The Labute approximate surface area is 189 Å². The summed E-state index contributed by atoms with van der Waals surface area (Å²) in [6.45, 7) is 2.21. The van der Waals surface area contributed by atoms with Gasteiger partial charge in [-0.2, -0.15) is 0 Å². The van der Waals surface area contributed by atoms with Gasteiger partial charge in [-0.05, 0) is 36.8 Å². The van der Waals surface area contributed by atoms with Crippen LogP contribution in [0.3, 0.4) is 0 Å². The normalized spacial score (nSPS) is 10.6. The minimum Gasteiger partial charge on any atom is -0.497 e. The molecule has 0 aliphatic heterocycles. The van der Waals surface area contributed by atoms with Crippen LogP contribution in [0.2, 0.25) is 0 Å². The zero-order valence-corrected chi connectivity index (χ0v) is 19.4. The first kappa shape index (κ1) is 22.6. The lowest BCUT2D eigenvalue weighted by Crippen LogP contribution is -2.29. The molecule has 7 nitrogen and oxygen atoms in total. The van der Waals surface area contributed by atoms with E-state index in [0.29, 0.717) is 17.4 Å². The SMILES string of the molecule is CCOC(=O)c1c(OC)nc2cc(Br)ccc2c1C(=O)N(C)Cc1ccc(OC)cc1. The standard InChI is InChI=1S/C23H23BrN2O5/c1-5-31-23(28)20-19(17-11-8-15(24)12-18(17)25-21(20)30-4)22(27)26(2)13-14-6-9-16(29-3)10-7-14/h6-12H,5,13H2,1-4H3. The summed E-state index contributed by atoms with van der Waals surface area (Å²) in [7, 11) is 4.69. The molecule has 0 atom stereocenters. The minimum atomic E-state index is -0.655. The molecule has 0 spiro atoms. The largest absolute Gasteiger partial charge is 0.497 e. The topological polar surface area (TPSA) is 78.0 Å². The second-order valence-corrected chi connectivity index (χ2v) is 7.68. The van der Waals surface area contributed by atoms with Gasteiger partial charge in [-0.15, -0.1) is 0 Å². The molecule has 0 bridgehead atoms. The molecule has 1 heterocycles. The Hall–Kier alpha value is -3.13. The van der Waals surface area contributed by atoms with E-state index >= 15 is 0 Å². The molecule has 0 unspecified atom stereocenters. The maximum absolute atomic E-state index is 13.6. The number of fused-ring (bicyclic) bond motifs is 1. The van der Waals surface area contributed by atoms with Gasteiger partial charge in [0, 0.05) is 23.5 Å². The van der Waals surface area contributed by atoms with Crippen molar-refractivity contribution in [1.29, 1.82) is 0 Å². The third-order valence-electron chi connectivity index (χ3n) is 4.73. The zero-order valence-electron chi connectivity index (χ0n) is 17.8. The van der Waals surface area contributed by atoms with Crippen LogP contribution < -0.4 is 9.47 Å². The Balaban J connectivity index is 2.11. The third-order valence-corrected chi connectivity index (χ3v) is 5.22. The van der Waals surface area contributed by atoms with Crippen molar-refractivity contribution < 1.29 is 23.8 Å². The van der Waals surface area contributed by atoms with E-state index in [2.05, 4.69) is 20.9 Å². The summed E-state index contributed by atoms with van der Waals surface area (Å²) in [4.78, 5) is 32.3. The first-order valence-corrected chi connectivity index (χ1v) is 10.4. The molecule has 0 saturated heterocycles. The molecule has 3 rings (SSSR count). The predicted octanol–water partition coefficient (Wildman–Crippen LogP) is 4.46. The monoisotopic (exact) mass is 486 g/mol. The van der Waals surface area contributed by atoms with Crippen LogP contribution in [-0.4, -0.2) is 49.6 Å². The van der Waals surface area contributed by atoms with Gasteiger partial charge in [0.2, 0.25) is 5.88 Å². The first-order chi connectivity index (χ1) is 14.9. The number of carbonyl (C=O) groups excluding carboxylic acids is 2. The fraction of sp³-hybridized carbons (Fsp3) is 0.261. The fourth-order valence-electron chi connectivity index (χ4n) is 3.25. The van der Waals surface area contributed by atoms with Gasteiger partial charge in [0.15, 0.2) is 0 Å². The number of esters is 1. The van der Waals surface area contributed by atoms with E-state index in [0.717, 1.165) is 15.8 Å². The van der Waals surface area contributed by atoms with Crippen molar-refractivity contribution in [3.05, 3.63) is 63.6 Å². The number of carbonyl (C=O) groups is 2. The van der Waals surface area contributed by atoms with Gasteiger partial charge < -0.3 is 19.1 Å². The number of nitrogens with zero attached hydrogens (tertiary/aromatic N) is 2. The van der Waals surface area contributed by atoms with Crippen LogP contribution in [-0.2, 0) is 11.3 Å². The van der Waals surface area contributed by atoms with Crippen molar-refractivity contribution in [2.45, 2.75) is 13.5 Å². The lowest BCUT2D eigenvalue weighted by Gasteiger charge is -2.21. The van der Waals surface area contributed by atoms with Gasteiger partial charge >= 0.3 is 5.97 Å². The molecule has 31 heavy (non-hydrogen) atoms. The molecule has 162 valence electrons. The van der Waals surface area contributed by atoms with Crippen LogP contribution in [0.4, 0.5) is 0 Å². The number of ether oxygens (including phenoxy) is 3. The van der Waals surface area contributed by atoms with E-state index in [9.17, 15) is 9.59 Å². The molecular formula is C23H23BrN2O5. The summed E-state index contributed by atoms with van der Waals surface area (Å²) in [6, 6.07) is 12.8. The quantitative estimate of drug-likeness (QED) is 0.458. The molecule has 0 fully saturated rings. The summed E-state index contributed by atoms with van der Waals surface area (Å²) in [5, 5.41) is 0.540. The van der Waals surface area contributed by atoms with E-state index in [-0.39, 0.29) is 29.5 Å². The minimum absolute atomic E-state index is 0.0192. The van der Waals surface area contributed by atoms with Gasteiger partial charge in [-0.1, -0.05) is 34.1 Å². The van der Waals surface area contributed by atoms with Crippen molar-refractivity contribution in [1.82, 2.24) is 9.88 Å². The number of methoxy groups -OCH3 is 2. The molecule has 0 aliphatic carbocycles. The lowest BCUT2D eigenvalue weighted by atomic mass is 10.0. The highest BCUT2D eigenvalue weighted by molar-refractivity contribution is 9.10. The van der Waals surface area contributed by atoms with E-state index in [1.165, 1.54) is 7.11 Å². The molecule has 1 aromatic heterocycles. The number of halogens is 1. The Bertz CT molecular complexity index is 1120. The molecule has 2 aromatic carbocycles. The highest BCUT2D eigenvalue weighted by Gasteiger charge is 2.29. The van der Waals surface area contributed by atoms with Crippen molar-refractivity contribution in [3.63, 3.8) is 0 Å². The highest BCUT2D eigenvalue weighted by Crippen LogP contribution is 2.32. The van der Waals surface area contributed by atoms with Gasteiger partial charge in [0.25, 0.3) is 5.91 Å². The second-order valence-electron chi connectivity index (χ2n) is 6.76. The van der Waals surface area contributed by atoms with Crippen LogP contribution in [0, 0.1) is 0 Å². The number of benzene rings is 2. The number of hydrogen-bond acceptors (Lipinski definition) is 6. The average molecular weight is 487 g/mol. The molecule has 0 radical (unpaired) electrons. The first-order valence-electron chi connectivity index (χ1n) is 9.62. The number of amides is 1. The second kappa shape index (κ2) is 9.78. The van der Waals surface area contributed by atoms with Gasteiger partial charge in [0.1, 0.15) is 11.3 Å². The zero-order chi connectivity index (χ0) is 22.5. The Morgan fingerprint density at radius 2 is 1.74 bits per heavy atom. The fourth-order valence-corrected chi connectivity index (χ4v) is 3.59. The third kappa shape index (κ3) is 4.80. The highest BCUT2D eigenvalue weighted by atomic mass is 79.9. The van der Waals surface area contributed by atoms with Crippen molar-refractivity contribution in [2.24, 2.45) is 0 Å². The number of aromatic nitrogens is 1. The van der Waals surface area contributed by atoms with Crippen LogP contribution in [0.15, 0.2) is 46.9 Å².